The third kappa shape index (κ3) is 4.23. The van der Waals surface area contributed by atoms with Crippen molar-refractivity contribution in [2.75, 3.05) is 5.32 Å². The van der Waals surface area contributed by atoms with Crippen LogP contribution in [0.25, 0.3) is 0 Å². The first-order valence-electron chi connectivity index (χ1n) is 9.42. The molecule has 2 N–H and O–H groups in total. The molecule has 1 unspecified atom stereocenters. The van der Waals surface area contributed by atoms with Crippen molar-refractivity contribution in [2.45, 2.75) is 13.0 Å². The normalized spacial score (nSPS) is 15.3. The Kier molecular flexibility index (Phi) is 5.59. The number of pyridine rings is 1. The molecule has 3 aromatic rings. The monoisotopic (exact) mass is 419 g/mol. The molecule has 7 heteroatoms. The van der Waals surface area contributed by atoms with Gasteiger partial charge in [0.2, 0.25) is 5.91 Å². The highest BCUT2D eigenvalue weighted by Gasteiger charge is 2.34. The molecule has 0 saturated heterocycles. The van der Waals surface area contributed by atoms with E-state index < -0.39 is 5.92 Å². The van der Waals surface area contributed by atoms with Crippen LogP contribution in [0.3, 0.4) is 0 Å². The minimum absolute atomic E-state index is 0.239. The maximum Gasteiger partial charge on any atom is 0.251 e. The molecule has 2 amide bonds. The first-order valence-corrected chi connectivity index (χ1v) is 9.80. The predicted molar refractivity (Wildman–Crippen MR) is 113 cm³/mol. The van der Waals surface area contributed by atoms with Gasteiger partial charge in [0.1, 0.15) is 5.92 Å². The number of hydrogen-bond acceptors (Lipinski definition) is 4. The smallest absolute Gasteiger partial charge is 0.251 e. The number of carbonyl (C=O) groups excluding carboxylic acids is 3. The van der Waals surface area contributed by atoms with Gasteiger partial charge in [0, 0.05) is 35.1 Å². The zero-order valence-corrected chi connectivity index (χ0v) is 16.6. The van der Waals surface area contributed by atoms with Crippen LogP contribution in [0.5, 0.6) is 0 Å². The fourth-order valence-corrected chi connectivity index (χ4v) is 3.61. The summed E-state index contributed by atoms with van der Waals surface area (Å²) in [5.41, 5.74) is 2.82. The van der Waals surface area contributed by atoms with Crippen LogP contribution in [-0.2, 0) is 17.8 Å². The summed E-state index contributed by atoms with van der Waals surface area (Å²) in [7, 11) is 0. The van der Waals surface area contributed by atoms with Crippen molar-refractivity contribution in [3.05, 3.63) is 94.3 Å². The zero-order valence-electron chi connectivity index (χ0n) is 15.9. The summed E-state index contributed by atoms with van der Waals surface area (Å²) in [5.74, 6) is -1.84. The second kappa shape index (κ2) is 8.47. The Hall–Kier alpha value is -3.51. The molecule has 0 radical (unpaired) electrons. The fraction of sp³-hybridized carbons (Fsp3) is 0.130. The minimum atomic E-state index is -0.869. The van der Waals surface area contributed by atoms with E-state index in [9.17, 15) is 14.4 Å². The molecule has 1 aliphatic rings. The lowest BCUT2D eigenvalue weighted by atomic mass is 9.86. The number of benzene rings is 2. The van der Waals surface area contributed by atoms with Gasteiger partial charge in [0.15, 0.2) is 5.78 Å². The molecule has 1 aliphatic heterocycles. The highest BCUT2D eigenvalue weighted by Crippen LogP contribution is 2.29. The van der Waals surface area contributed by atoms with Gasteiger partial charge >= 0.3 is 0 Å². The van der Waals surface area contributed by atoms with Crippen molar-refractivity contribution in [3.63, 3.8) is 0 Å². The number of anilines is 1. The van der Waals surface area contributed by atoms with Crippen LogP contribution in [0.1, 0.15) is 31.8 Å². The average Bonchev–Trinajstić information content (AvgIpc) is 2.75. The molecule has 150 valence electrons. The number of Topliss-reactive ketones (excluding diaryl/α,β-unsaturated/α-hetero) is 1. The number of rotatable bonds is 5. The minimum Gasteiger partial charge on any atom is -0.348 e. The predicted octanol–water partition coefficient (Wildman–Crippen LogP) is 3.66. The van der Waals surface area contributed by atoms with Gasteiger partial charge < -0.3 is 10.6 Å². The van der Waals surface area contributed by atoms with E-state index in [0.29, 0.717) is 28.4 Å². The van der Waals surface area contributed by atoms with Gasteiger partial charge in [-0.1, -0.05) is 23.7 Å². The van der Waals surface area contributed by atoms with Crippen molar-refractivity contribution in [3.8, 4) is 0 Å². The highest BCUT2D eigenvalue weighted by atomic mass is 35.5. The molecule has 0 fully saturated rings. The molecule has 0 aliphatic carbocycles. The molecule has 1 aromatic heterocycles. The van der Waals surface area contributed by atoms with Crippen LogP contribution < -0.4 is 10.6 Å². The first kappa shape index (κ1) is 19.8. The summed E-state index contributed by atoms with van der Waals surface area (Å²) < 4.78 is 0. The number of ketones is 1. The second-order valence-electron chi connectivity index (χ2n) is 7.04. The number of hydrogen-bond donors (Lipinski definition) is 2. The standard InChI is InChI=1S/C23H18ClN3O3/c24-17-3-1-2-15(10-17)11-19-21(28)18-12-16(4-5-20(18)27-23(19)30)22(29)26-13-14-6-8-25-9-7-14/h1-10,12,19H,11,13H2,(H,26,29)(H,27,30). The Balaban J connectivity index is 1.53. The summed E-state index contributed by atoms with van der Waals surface area (Å²) >= 11 is 6.01. The number of aromatic nitrogens is 1. The van der Waals surface area contributed by atoms with E-state index in [1.165, 1.54) is 6.07 Å². The summed E-state index contributed by atoms with van der Waals surface area (Å²) in [6.45, 7) is 0.348. The van der Waals surface area contributed by atoms with E-state index in [1.54, 1.807) is 42.7 Å². The van der Waals surface area contributed by atoms with E-state index in [2.05, 4.69) is 15.6 Å². The van der Waals surface area contributed by atoms with Crippen LogP contribution in [0.15, 0.2) is 67.0 Å². The number of amides is 2. The highest BCUT2D eigenvalue weighted by molar-refractivity contribution is 6.30. The topological polar surface area (TPSA) is 88.2 Å². The van der Waals surface area contributed by atoms with Gasteiger partial charge in [0.25, 0.3) is 5.91 Å². The van der Waals surface area contributed by atoms with Crippen molar-refractivity contribution in [2.24, 2.45) is 5.92 Å². The van der Waals surface area contributed by atoms with E-state index in [-0.39, 0.29) is 24.0 Å². The lowest BCUT2D eigenvalue weighted by Gasteiger charge is -2.24. The van der Waals surface area contributed by atoms with E-state index in [0.717, 1.165) is 11.1 Å². The number of nitrogens with zero attached hydrogens (tertiary/aromatic N) is 1. The molecule has 0 bridgehead atoms. The Bertz CT molecular complexity index is 1130. The van der Waals surface area contributed by atoms with E-state index in [4.69, 9.17) is 11.6 Å². The number of halogens is 1. The van der Waals surface area contributed by atoms with Crippen LogP contribution >= 0.6 is 11.6 Å². The Labute approximate surface area is 178 Å². The Morgan fingerprint density at radius 1 is 1.03 bits per heavy atom. The largest absolute Gasteiger partial charge is 0.348 e. The Morgan fingerprint density at radius 3 is 2.60 bits per heavy atom. The first-order chi connectivity index (χ1) is 14.5. The van der Waals surface area contributed by atoms with Gasteiger partial charge in [-0.05, 0) is 60.0 Å². The van der Waals surface area contributed by atoms with Crippen LogP contribution in [0.2, 0.25) is 5.02 Å². The van der Waals surface area contributed by atoms with Crippen molar-refractivity contribution >= 4 is 34.9 Å². The molecule has 4 rings (SSSR count). The van der Waals surface area contributed by atoms with Crippen molar-refractivity contribution < 1.29 is 14.4 Å². The van der Waals surface area contributed by atoms with E-state index >= 15 is 0 Å². The molecule has 30 heavy (non-hydrogen) atoms. The van der Waals surface area contributed by atoms with Gasteiger partial charge in [-0.3, -0.25) is 19.4 Å². The van der Waals surface area contributed by atoms with Gasteiger partial charge in [-0.2, -0.15) is 0 Å². The maximum absolute atomic E-state index is 13.0. The van der Waals surface area contributed by atoms with Crippen LogP contribution in [0.4, 0.5) is 5.69 Å². The lowest BCUT2D eigenvalue weighted by Crippen LogP contribution is -2.37. The molecule has 1 atom stereocenters. The lowest BCUT2D eigenvalue weighted by molar-refractivity contribution is -0.118. The van der Waals surface area contributed by atoms with Crippen molar-refractivity contribution in [1.29, 1.82) is 0 Å². The zero-order chi connectivity index (χ0) is 21.1. The average molecular weight is 420 g/mol. The third-order valence-corrected chi connectivity index (χ3v) is 5.20. The second-order valence-corrected chi connectivity index (χ2v) is 7.48. The van der Waals surface area contributed by atoms with Gasteiger partial charge in [-0.25, -0.2) is 0 Å². The summed E-state index contributed by atoms with van der Waals surface area (Å²) in [6.07, 6.45) is 3.55. The fourth-order valence-electron chi connectivity index (χ4n) is 3.40. The SMILES string of the molecule is O=C(NCc1ccncc1)c1ccc2c(c1)C(=O)C(Cc1cccc(Cl)c1)C(=O)N2. The van der Waals surface area contributed by atoms with Crippen LogP contribution in [0, 0.1) is 5.92 Å². The Morgan fingerprint density at radius 2 is 1.83 bits per heavy atom. The molecule has 0 saturated carbocycles. The maximum atomic E-state index is 13.0. The molecule has 6 nitrogen and oxygen atoms in total. The van der Waals surface area contributed by atoms with Crippen molar-refractivity contribution in [1.82, 2.24) is 10.3 Å². The molecular formula is C23H18ClN3O3. The quantitative estimate of drug-likeness (QED) is 0.618. The van der Waals surface area contributed by atoms with Gasteiger partial charge in [-0.15, -0.1) is 0 Å². The number of carbonyl (C=O) groups is 3. The molecule has 0 spiro atoms. The molecular weight excluding hydrogens is 402 g/mol. The van der Waals surface area contributed by atoms with Gasteiger partial charge in [0.05, 0.1) is 5.69 Å². The number of fused-ring (bicyclic) bond motifs is 1. The summed E-state index contributed by atoms with van der Waals surface area (Å²) in [6, 6.07) is 15.4. The summed E-state index contributed by atoms with van der Waals surface area (Å²) in [4.78, 5) is 42.0. The molecule has 2 aromatic carbocycles. The van der Waals surface area contributed by atoms with Crippen LogP contribution in [-0.4, -0.2) is 22.6 Å². The molecule has 2 heterocycles. The number of nitrogens with one attached hydrogen (secondary N) is 2. The third-order valence-electron chi connectivity index (χ3n) is 4.97. The van der Waals surface area contributed by atoms with E-state index in [1.807, 2.05) is 18.2 Å². The summed E-state index contributed by atoms with van der Waals surface area (Å²) in [5, 5.41) is 6.14.